The Morgan fingerprint density at radius 1 is 0.321 bits per heavy atom. The lowest BCUT2D eigenvalue weighted by Crippen LogP contribution is -2.63. The van der Waals surface area contributed by atoms with Gasteiger partial charge in [-0.3, -0.25) is 0 Å². The van der Waals surface area contributed by atoms with Crippen molar-refractivity contribution >= 4 is 91.3 Å². The highest BCUT2D eigenvalue weighted by molar-refractivity contribution is 7.01. The maximum Gasteiger partial charge on any atom is 0.261 e. The molecule has 370 valence electrons. The first-order valence-electron chi connectivity index (χ1n) is 27.3. The van der Waals surface area contributed by atoms with Crippen molar-refractivity contribution in [1.82, 2.24) is 0 Å². The number of hydrogen-bond donors (Lipinski definition) is 0. The lowest BCUT2D eigenvalue weighted by molar-refractivity contribution is 0.454. The highest BCUT2D eigenvalue weighted by Crippen LogP contribution is 2.62. The summed E-state index contributed by atoms with van der Waals surface area (Å²) in [4.78, 5) is 9.79. The van der Waals surface area contributed by atoms with Gasteiger partial charge in [0, 0.05) is 90.2 Å². The first kappa shape index (κ1) is 44.7. The van der Waals surface area contributed by atoms with Gasteiger partial charge >= 0.3 is 0 Å². The lowest BCUT2D eigenvalue weighted by Gasteiger charge is -2.48. The summed E-state index contributed by atoms with van der Waals surface area (Å²) >= 11 is 0. The van der Waals surface area contributed by atoms with Crippen LogP contribution < -0.4 is 40.7 Å². The maximum absolute atomic E-state index is 8.20. The molecule has 3 aliphatic heterocycles. The zero-order chi connectivity index (χ0) is 52.0. The van der Waals surface area contributed by atoms with Gasteiger partial charge in [0.15, 0.2) is 0 Å². The van der Waals surface area contributed by atoms with Gasteiger partial charge in [0.25, 0.3) is 6.71 Å². The standard InChI is InChI=1S/C72H53BN4O/c1-71(2)58-42-52(74(46-24-11-5-12-25-46)47-26-13-6-14-27-47)38-40-54(58)56-44-62-67-69(64(56)71)78-70-65-57(55-41-39-53(43-59(55)72(65,3)4)75(48-28-15-7-16-29-48)49-30-17-8-18-31-49)45-63-68(70)73(67)66-60(76(62)50-32-19-9-20-33-50)36-23-37-61(66)77(63)51-34-21-10-22-35-51/h5-45H,1-4H3. The van der Waals surface area contributed by atoms with E-state index in [1.807, 2.05) is 0 Å². The maximum atomic E-state index is 8.20. The van der Waals surface area contributed by atoms with E-state index < -0.39 is 10.8 Å². The van der Waals surface area contributed by atoms with Crippen molar-refractivity contribution in [1.29, 1.82) is 0 Å². The van der Waals surface area contributed by atoms with Gasteiger partial charge < -0.3 is 24.3 Å². The van der Waals surface area contributed by atoms with Gasteiger partial charge in [0.05, 0.1) is 0 Å². The summed E-state index contributed by atoms with van der Waals surface area (Å²) in [5, 5.41) is 0. The third-order valence-electron chi connectivity index (χ3n) is 17.5. The van der Waals surface area contributed by atoms with Crippen LogP contribution in [0, 0.1) is 0 Å². The second-order valence-corrected chi connectivity index (χ2v) is 22.4. The molecule has 0 fully saturated rings. The number of ether oxygens (including phenoxy) is 1. The predicted molar refractivity (Wildman–Crippen MR) is 325 cm³/mol. The molecule has 0 unspecified atom stereocenters. The van der Waals surface area contributed by atoms with E-state index >= 15 is 0 Å². The SMILES string of the molecule is CC1(C)c2cc(N(c3ccccc3)c3ccccc3)ccc2-c2cc3c4c(c21)Oc1c2c(cc5c1C(C)(C)c1cc(N(c6ccccc6)c6ccccc6)ccc1-5)N(c1ccccc1)c1cccc(c1B42)N3c1ccccc1. The van der Waals surface area contributed by atoms with E-state index in [4.69, 9.17) is 4.74 Å². The molecule has 11 aromatic rings. The minimum absolute atomic E-state index is 0.112. The average molecular weight is 1000 g/mol. The molecule has 2 aliphatic carbocycles. The second-order valence-electron chi connectivity index (χ2n) is 22.4. The third-order valence-corrected chi connectivity index (χ3v) is 17.5. The summed E-state index contributed by atoms with van der Waals surface area (Å²) < 4.78 is 8.20. The quantitative estimate of drug-likeness (QED) is 0.141. The number of rotatable bonds is 8. The molecule has 0 atom stereocenters. The Balaban J connectivity index is 0.960. The zero-order valence-corrected chi connectivity index (χ0v) is 43.9. The van der Waals surface area contributed by atoms with E-state index in [2.05, 4.69) is 296 Å². The number of para-hydroxylation sites is 6. The smallest absolute Gasteiger partial charge is 0.261 e. The van der Waals surface area contributed by atoms with Crippen LogP contribution in [-0.2, 0) is 10.8 Å². The van der Waals surface area contributed by atoms with Gasteiger partial charge in [-0.1, -0.05) is 155 Å². The molecule has 5 aliphatic rings. The van der Waals surface area contributed by atoms with E-state index in [0.29, 0.717) is 0 Å². The van der Waals surface area contributed by atoms with Crippen molar-refractivity contribution in [3.8, 4) is 33.8 Å². The van der Waals surface area contributed by atoms with Crippen LogP contribution >= 0.6 is 0 Å². The van der Waals surface area contributed by atoms with Crippen LogP contribution in [0.5, 0.6) is 11.5 Å². The molecule has 0 amide bonds. The van der Waals surface area contributed by atoms with Crippen LogP contribution in [0.1, 0.15) is 49.9 Å². The Labute approximate surface area is 456 Å². The molecule has 0 radical (unpaired) electrons. The summed E-state index contributed by atoms with van der Waals surface area (Å²) in [7, 11) is 0. The molecule has 16 rings (SSSR count). The first-order valence-corrected chi connectivity index (χ1v) is 27.3. The van der Waals surface area contributed by atoms with Crippen molar-refractivity contribution in [3.63, 3.8) is 0 Å². The zero-order valence-electron chi connectivity index (χ0n) is 43.9. The van der Waals surface area contributed by atoms with E-state index in [1.165, 1.54) is 72.3 Å². The van der Waals surface area contributed by atoms with E-state index in [-0.39, 0.29) is 6.71 Å². The van der Waals surface area contributed by atoms with Gasteiger partial charge in [-0.2, -0.15) is 0 Å². The van der Waals surface area contributed by atoms with Gasteiger partial charge in [-0.25, -0.2) is 0 Å². The normalized spacial score (nSPS) is 14.6. The molecule has 0 aromatic heterocycles. The number of anilines is 12. The van der Waals surface area contributed by atoms with Gasteiger partial charge in [0.2, 0.25) is 0 Å². The van der Waals surface area contributed by atoms with Crippen LogP contribution in [0.15, 0.2) is 249 Å². The Kier molecular flexibility index (Phi) is 9.46. The largest absolute Gasteiger partial charge is 0.458 e. The monoisotopic (exact) mass is 1000 g/mol. The van der Waals surface area contributed by atoms with Gasteiger partial charge in [-0.15, -0.1) is 0 Å². The van der Waals surface area contributed by atoms with E-state index in [0.717, 1.165) is 68.4 Å². The van der Waals surface area contributed by atoms with E-state index in [1.54, 1.807) is 0 Å². The summed E-state index contributed by atoms with van der Waals surface area (Å²) in [5.41, 5.74) is 26.4. The molecule has 78 heavy (non-hydrogen) atoms. The van der Waals surface area contributed by atoms with Crippen LogP contribution in [0.4, 0.5) is 68.2 Å². The highest BCUT2D eigenvalue weighted by Gasteiger charge is 2.55. The molecular formula is C72H53BN4O. The van der Waals surface area contributed by atoms with Crippen molar-refractivity contribution in [2.45, 2.75) is 38.5 Å². The number of hydrogen-bond acceptors (Lipinski definition) is 5. The number of nitrogens with zero attached hydrogens (tertiary/aromatic N) is 4. The molecule has 0 bridgehead atoms. The van der Waals surface area contributed by atoms with Crippen molar-refractivity contribution < 1.29 is 4.74 Å². The lowest BCUT2D eigenvalue weighted by atomic mass is 9.32. The summed E-state index contributed by atoms with van der Waals surface area (Å²) in [6, 6.07) is 91.1. The van der Waals surface area contributed by atoms with Crippen molar-refractivity contribution in [3.05, 3.63) is 271 Å². The van der Waals surface area contributed by atoms with Gasteiger partial charge in [0.1, 0.15) is 11.5 Å². The molecule has 0 spiro atoms. The topological polar surface area (TPSA) is 22.2 Å². The number of benzene rings is 11. The number of fused-ring (bicyclic) bond motifs is 8. The molecule has 5 nitrogen and oxygen atoms in total. The molecular weight excluding hydrogens is 948 g/mol. The van der Waals surface area contributed by atoms with Crippen LogP contribution in [0.25, 0.3) is 22.3 Å². The molecule has 11 aromatic carbocycles. The summed E-state index contributed by atoms with van der Waals surface area (Å²) in [6.45, 7) is 9.56. The Bertz CT molecular complexity index is 3890. The van der Waals surface area contributed by atoms with E-state index in [9.17, 15) is 0 Å². The molecule has 0 saturated carbocycles. The minimum Gasteiger partial charge on any atom is -0.458 e. The second kappa shape index (κ2) is 16.5. The fraction of sp³-hybridized carbons (Fsp3) is 0.0833. The Hall–Kier alpha value is -9.52. The fourth-order valence-corrected chi connectivity index (χ4v) is 14.2. The summed E-state index contributed by atoms with van der Waals surface area (Å²) in [5.74, 6) is 1.96. The third kappa shape index (κ3) is 6.20. The first-order chi connectivity index (χ1) is 38.3. The highest BCUT2D eigenvalue weighted by atomic mass is 16.5. The van der Waals surface area contributed by atoms with Crippen LogP contribution in [0.3, 0.4) is 0 Å². The predicted octanol–water partition coefficient (Wildman–Crippen LogP) is 17.4. The van der Waals surface area contributed by atoms with Crippen molar-refractivity contribution in [2.75, 3.05) is 19.6 Å². The fourth-order valence-electron chi connectivity index (χ4n) is 14.2. The van der Waals surface area contributed by atoms with Crippen LogP contribution in [0.2, 0.25) is 0 Å². The molecule has 0 saturated heterocycles. The average Bonchev–Trinajstić information content (AvgIpc) is 2.24. The van der Waals surface area contributed by atoms with Crippen molar-refractivity contribution in [2.24, 2.45) is 0 Å². The molecule has 3 heterocycles. The minimum atomic E-state index is -0.448. The molecule has 0 N–H and O–H groups in total. The summed E-state index contributed by atoms with van der Waals surface area (Å²) in [6.07, 6.45) is 0. The molecule has 6 heteroatoms. The van der Waals surface area contributed by atoms with Crippen LogP contribution in [-0.4, -0.2) is 6.71 Å². The van der Waals surface area contributed by atoms with Gasteiger partial charge in [-0.05, 0) is 171 Å². The Morgan fingerprint density at radius 3 is 1.03 bits per heavy atom. The Morgan fingerprint density at radius 2 is 0.667 bits per heavy atom.